The monoisotopic (exact) mass is 489 g/mol. The van der Waals surface area contributed by atoms with Crippen LogP contribution in [0.4, 0.5) is 17.5 Å². The van der Waals surface area contributed by atoms with Crippen LogP contribution in [0.3, 0.4) is 0 Å². The molecule has 0 radical (unpaired) electrons. The van der Waals surface area contributed by atoms with Crippen molar-refractivity contribution in [2.75, 3.05) is 23.8 Å². The van der Waals surface area contributed by atoms with Gasteiger partial charge in [0.1, 0.15) is 0 Å². The first kappa shape index (κ1) is 24.3. The zero-order valence-corrected chi connectivity index (χ0v) is 19.9. The number of nitrogens with zero attached hydrogens (tertiary/aromatic N) is 4. The second kappa shape index (κ2) is 10.6. The molecule has 1 aliphatic carbocycles. The molecule has 0 spiro atoms. The summed E-state index contributed by atoms with van der Waals surface area (Å²) in [7, 11) is -3.64. The molecule has 5 N–H and O–H groups in total. The largest absolute Gasteiger partial charge is 0.396 e. The summed E-state index contributed by atoms with van der Waals surface area (Å²) in [5.41, 5.74) is 1.98. The summed E-state index contributed by atoms with van der Waals surface area (Å²) in [5, 5.41) is 25.3. The minimum absolute atomic E-state index is 0.0773. The van der Waals surface area contributed by atoms with Gasteiger partial charge in [-0.15, -0.1) is 0 Å². The number of aliphatic hydroxyl groups is 2. The molecular weight excluding hydrogens is 458 g/mol. The van der Waals surface area contributed by atoms with Gasteiger partial charge in [-0.05, 0) is 63.3 Å². The highest BCUT2D eigenvalue weighted by molar-refractivity contribution is 7.89. The Balaban J connectivity index is 1.56. The summed E-state index contributed by atoms with van der Waals surface area (Å²) in [6.45, 7) is 2.82. The van der Waals surface area contributed by atoms with E-state index in [4.69, 9.17) is 5.11 Å². The Morgan fingerprint density at radius 2 is 1.85 bits per heavy atom. The number of imidazole rings is 1. The number of hydrogen-bond acceptors (Lipinski definition) is 9. The number of rotatable bonds is 10. The van der Waals surface area contributed by atoms with Crippen LogP contribution in [0, 0.1) is 0 Å². The van der Waals surface area contributed by atoms with Crippen LogP contribution in [-0.2, 0) is 16.6 Å². The summed E-state index contributed by atoms with van der Waals surface area (Å²) in [6.07, 6.45) is 5.03. The second-order valence-electron chi connectivity index (χ2n) is 8.37. The number of sulfonamides is 1. The SMILES string of the molecule is CCn1cnc2c(Nc3ccc(S(=O)(=O)NCCCO)cc3)nc(N[C@H]3CC[C@H](O)CC3)nc21. The molecule has 11 nitrogen and oxygen atoms in total. The Morgan fingerprint density at radius 1 is 1.12 bits per heavy atom. The highest BCUT2D eigenvalue weighted by Crippen LogP contribution is 2.27. The molecule has 1 aliphatic rings. The van der Waals surface area contributed by atoms with E-state index in [-0.39, 0.29) is 30.2 Å². The Morgan fingerprint density at radius 3 is 2.53 bits per heavy atom. The van der Waals surface area contributed by atoms with Gasteiger partial charge in [-0.2, -0.15) is 9.97 Å². The number of benzene rings is 1. The van der Waals surface area contributed by atoms with E-state index in [1.54, 1.807) is 18.5 Å². The van der Waals surface area contributed by atoms with E-state index in [2.05, 4.69) is 30.3 Å². The highest BCUT2D eigenvalue weighted by atomic mass is 32.2. The molecule has 184 valence electrons. The first-order valence-electron chi connectivity index (χ1n) is 11.5. The van der Waals surface area contributed by atoms with Crippen molar-refractivity contribution < 1.29 is 18.6 Å². The number of aryl methyl sites for hydroxylation is 1. The molecule has 2 heterocycles. The predicted octanol–water partition coefficient (Wildman–Crippen LogP) is 1.97. The first-order chi connectivity index (χ1) is 16.4. The maximum atomic E-state index is 12.4. The number of nitrogens with one attached hydrogen (secondary N) is 3. The van der Waals surface area contributed by atoms with Crippen LogP contribution >= 0.6 is 0 Å². The van der Waals surface area contributed by atoms with E-state index in [0.29, 0.717) is 41.6 Å². The molecule has 0 unspecified atom stereocenters. The molecular formula is C22H31N7O4S. The lowest BCUT2D eigenvalue weighted by molar-refractivity contribution is 0.126. The van der Waals surface area contributed by atoms with Crippen molar-refractivity contribution in [3.63, 3.8) is 0 Å². The van der Waals surface area contributed by atoms with Crippen LogP contribution in [0.1, 0.15) is 39.0 Å². The minimum Gasteiger partial charge on any atom is -0.396 e. The van der Waals surface area contributed by atoms with E-state index in [1.807, 2.05) is 11.5 Å². The van der Waals surface area contributed by atoms with E-state index < -0.39 is 10.0 Å². The van der Waals surface area contributed by atoms with E-state index in [0.717, 1.165) is 25.7 Å². The van der Waals surface area contributed by atoms with Crippen LogP contribution in [0.25, 0.3) is 11.2 Å². The molecule has 1 aromatic carbocycles. The number of hydrogen-bond donors (Lipinski definition) is 5. The van der Waals surface area contributed by atoms with Gasteiger partial charge >= 0.3 is 0 Å². The van der Waals surface area contributed by atoms with Crippen molar-refractivity contribution in [3.05, 3.63) is 30.6 Å². The molecule has 4 rings (SSSR count). The minimum atomic E-state index is -3.64. The first-order valence-corrected chi connectivity index (χ1v) is 13.0. The fraction of sp³-hybridized carbons (Fsp3) is 0.500. The number of fused-ring (bicyclic) bond motifs is 1. The average Bonchev–Trinajstić information content (AvgIpc) is 3.24. The summed E-state index contributed by atoms with van der Waals surface area (Å²) in [6, 6.07) is 6.55. The third-order valence-electron chi connectivity index (χ3n) is 5.89. The van der Waals surface area contributed by atoms with Crippen molar-refractivity contribution >= 4 is 38.6 Å². The summed E-state index contributed by atoms with van der Waals surface area (Å²) in [5.74, 6) is 1.01. The third-order valence-corrected chi connectivity index (χ3v) is 7.37. The van der Waals surface area contributed by atoms with Crippen molar-refractivity contribution in [3.8, 4) is 0 Å². The fourth-order valence-electron chi connectivity index (χ4n) is 3.95. The van der Waals surface area contributed by atoms with Gasteiger partial charge < -0.3 is 25.4 Å². The van der Waals surface area contributed by atoms with Gasteiger partial charge in [0.25, 0.3) is 0 Å². The van der Waals surface area contributed by atoms with Crippen LogP contribution < -0.4 is 15.4 Å². The molecule has 1 saturated carbocycles. The van der Waals surface area contributed by atoms with Crippen LogP contribution in [0.2, 0.25) is 0 Å². The summed E-state index contributed by atoms with van der Waals surface area (Å²) < 4.78 is 29.1. The summed E-state index contributed by atoms with van der Waals surface area (Å²) >= 11 is 0. The Bertz CT molecular complexity index is 1210. The fourth-order valence-corrected chi connectivity index (χ4v) is 5.03. The lowest BCUT2D eigenvalue weighted by atomic mass is 9.93. The van der Waals surface area contributed by atoms with Crippen LogP contribution in [0.15, 0.2) is 35.5 Å². The molecule has 3 aromatic rings. The molecule has 0 atom stereocenters. The standard InChI is InChI=1S/C22H31N7O4S/c1-2-29-14-23-19-20(27-22(28-21(19)29)26-16-4-8-17(31)9-5-16)25-15-6-10-18(11-7-15)34(32,33)24-12-3-13-30/h6-7,10-11,14,16-17,24,30-31H,2-5,8-9,12-13H2,1H3,(H2,25,26,27,28)/t16-,17-. The molecule has 0 aliphatic heterocycles. The maximum absolute atomic E-state index is 12.4. The topological polar surface area (TPSA) is 154 Å². The highest BCUT2D eigenvalue weighted by Gasteiger charge is 2.21. The lowest BCUT2D eigenvalue weighted by Gasteiger charge is -2.26. The average molecular weight is 490 g/mol. The van der Waals surface area contributed by atoms with Gasteiger partial charge in [-0.3, -0.25) is 0 Å². The molecule has 12 heteroatoms. The number of anilines is 3. The maximum Gasteiger partial charge on any atom is 0.240 e. The molecule has 34 heavy (non-hydrogen) atoms. The van der Waals surface area contributed by atoms with Gasteiger partial charge in [0.05, 0.1) is 17.3 Å². The van der Waals surface area contributed by atoms with Crippen LogP contribution in [-0.4, -0.2) is 63.4 Å². The number of aromatic nitrogens is 4. The molecule has 0 bridgehead atoms. The molecule has 0 amide bonds. The van der Waals surface area contributed by atoms with Gasteiger partial charge in [0.15, 0.2) is 17.0 Å². The molecule has 1 fully saturated rings. The Hall–Kier alpha value is -2.80. The van der Waals surface area contributed by atoms with Crippen molar-refractivity contribution in [1.82, 2.24) is 24.2 Å². The smallest absolute Gasteiger partial charge is 0.240 e. The lowest BCUT2D eigenvalue weighted by Crippen LogP contribution is -2.29. The quantitative estimate of drug-likeness (QED) is 0.269. The van der Waals surface area contributed by atoms with E-state index in [9.17, 15) is 13.5 Å². The zero-order chi connectivity index (χ0) is 24.1. The Labute approximate surface area is 198 Å². The predicted molar refractivity (Wildman–Crippen MR) is 129 cm³/mol. The van der Waals surface area contributed by atoms with Gasteiger partial charge in [-0.25, -0.2) is 18.1 Å². The van der Waals surface area contributed by atoms with Gasteiger partial charge in [-0.1, -0.05) is 0 Å². The number of aliphatic hydroxyl groups excluding tert-OH is 2. The second-order valence-corrected chi connectivity index (χ2v) is 10.1. The van der Waals surface area contributed by atoms with E-state index >= 15 is 0 Å². The van der Waals surface area contributed by atoms with Gasteiger partial charge in [0, 0.05) is 31.4 Å². The summed E-state index contributed by atoms with van der Waals surface area (Å²) in [4.78, 5) is 13.9. The van der Waals surface area contributed by atoms with Crippen LogP contribution in [0.5, 0.6) is 0 Å². The van der Waals surface area contributed by atoms with Gasteiger partial charge in [0.2, 0.25) is 16.0 Å². The third kappa shape index (κ3) is 5.63. The Kier molecular flexibility index (Phi) is 7.61. The van der Waals surface area contributed by atoms with Crippen molar-refractivity contribution in [1.29, 1.82) is 0 Å². The molecule has 2 aromatic heterocycles. The zero-order valence-electron chi connectivity index (χ0n) is 19.1. The molecule has 0 saturated heterocycles. The van der Waals surface area contributed by atoms with Crippen molar-refractivity contribution in [2.24, 2.45) is 0 Å². The van der Waals surface area contributed by atoms with Crippen molar-refractivity contribution in [2.45, 2.75) is 62.6 Å². The van der Waals surface area contributed by atoms with E-state index in [1.165, 1.54) is 12.1 Å². The normalized spacial score (nSPS) is 18.8.